The zero-order valence-electron chi connectivity index (χ0n) is 18.7. The van der Waals surface area contributed by atoms with Gasteiger partial charge in [-0.1, -0.05) is 17.7 Å². The molecule has 0 bridgehead atoms. The molecule has 0 unspecified atom stereocenters. The maximum absolute atomic E-state index is 13.0. The van der Waals surface area contributed by atoms with Crippen LogP contribution < -0.4 is 15.0 Å². The van der Waals surface area contributed by atoms with Crippen molar-refractivity contribution in [3.05, 3.63) is 71.5 Å². The summed E-state index contributed by atoms with van der Waals surface area (Å²) in [5.41, 5.74) is 2.02. The topological polar surface area (TPSA) is 102 Å². The number of fused-ring (bicyclic) bond motifs is 1. The summed E-state index contributed by atoms with van der Waals surface area (Å²) in [5, 5.41) is 2.76. The number of thiazole rings is 1. The molecule has 5 rings (SSSR count). The van der Waals surface area contributed by atoms with Gasteiger partial charge in [0, 0.05) is 0 Å². The van der Waals surface area contributed by atoms with E-state index in [0.717, 1.165) is 30.8 Å². The van der Waals surface area contributed by atoms with Crippen LogP contribution in [0.25, 0.3) is 16.3 Å². The normalized spacial score (nSPS) is 15.2. The van der Waals surface area contributed by atoms with Gasteiger partial charge in [0.25, 0.3) is 11.8 Å². The summed E-state index contributed by atoms with van der Waals surface area (Å²) >= 11 is 2.85. The van der Waals surface area contributed by atoms with Crippen LogP contribution in [-0.4, -0.2) is 29.4 Å². The average Bonchev–Trinajstić information content (AvgIpc) is 3.44. The Morgan fingerprint density at radius 1 is 1.11 bits per heavy atom. The van der Waals surface area contributed by atoms with Crippen molar-refractivity contribution in [2.24, 2.45) is 0 Å². The molecular formula is C25H19N3O5S2. The number of anilines is 1. The van der Waals surface area contributed by atoms with E-state index in [0.29, 0.717) is 23.1 Å². The first-order valence-corrected chi connectivity index (χ1v) is 12.3. The lowest BCUT2D eigenvalue weighted by Gasteiger charge is -2.26. The van der Waals surface area contributed by atoms with Gasteiger partial charge >= 0.3 is 6.03 Å². The molecular weight excluding hydrogens is 486 g/mol. The highest BCUT2D eigenvalue weighted by Gasteiger charge is 2.37. The van der Waals surface area contributed by atoms with E-state index in [2.05, 4.69) is 10.3 Å². The SMILES string of the molecule is CCOc1ccc2nc(Sc3ccc(/C=C4\C(=O)NC(=O)N(c5ccc(C)cc5)C4=O)o3)sc2c1. The number of imide groups is 2. The minimum atomic E-state index is -0.792. The molecule has 8 nitrogen and oxygen atoms in total. The Balaban J connectivity index is 1.37. The molecule has 176 valence electrons. The number of ether oxygens (including phenoxy) is 1. The van der Waals surface area contributed by atoms with Crippen LogP contribution >= 0.6 is 23.1 Å². The lowest BCUT2D eigenvalue weighted by atomic mass is 10.1. The number of aromatic nitrogens is 1. The van der Waals surface area contributed by atoms with Gasteiger partial charge in [-0.2, -0.15) is 0 Å². The third-order valence-electron chi connectivity index (χ3n) is 5.12. The van der Waals surface area contributed by atoms with Crippen molar-refractivity contribution in [2.45, 2.75) is 23.3 Å². The Labute approximate surface area is 208 Å². The van der Waals surface area contributed by atoms with Crippen LogP contribution in [0.2, 0.25) is 0 Å². The second-order valence-electron chi connectivity index (χ2n) is 7.59. The Bertz CT molecular complexity index is 1490. The number of carbonyl (C=O) groups is 3. The van der Waals surface area contributed by atoms with Crippen LogP contribution in [0.15, 0.2) is 74.0 Å². The van der Waals surface area contributed by atoms with Crippen LogP contribution in [0.3, 0.4) is 0 Å². The summed E-state index contributed by atoms with van der Waals surface area (Å²) in [4.78, 5) is 43.3. The third-order valence-corrected chi connectivity index (χ3v) is 7.12. The second-order valence-corrected chi connectivity index (χ2v) is 9.88. The zero-order valence-corrected chi connectivity index (χ0v) is 20.4. The number of rotatable bonds is 6. The number of carbonyl (C=O) groups excluding carboxylic acids is 3. The van der Waals surface area contributed by atoms with Gasteiger partial charge in [-0.3, -0.25) is 14.9 Å². The summed E-state index contributed by atoms with van der Waals surface area (Å²) in [5.74, 6) is -0.389. The molecule has 0 spiro atoms. The maximum Gasteiger partial charge on any atom is 0.335 e. The highest BCUT2D eigenvalue weighted by Crippen LogP contribution is 2.37. The third kappa shape index (κ3) is 4.71. The van der Waals surface area contributed by atoms with Crippen LogP contribution in [0, 0.1) is 6.92 Å². The van der Waals surface area contributed by atoms with Crippen LogP contribution in [0.5, 0.6) is 5.75 Å². The van der Waals surface area contributed by atoms with E-state index < -0.39 is 17.8 Å². The molecule has 3 heterocycles. The average molecular weight is 506 g/mol. The fourth-order valence-corrected chi connectivity index (χ4v) is 5.46. The number of hydrogen-bond donors (Lipinski definition) is 1. The number of barbiturate groups is 1. The maximum atomic E-state index is 13.0. The van der Waals surface area contributed by atoms with Crippen molar-refractivity contribution < 1.29 is 23.5 Å². The molecule has 1 aliphatic heterocycles. The van der Waals surface area contributed by atoms with Crippen molar-refractivity contribution in [3.8, 4) is 5.75 Å². The Kier molecular flexibility index (Phi) is 6.14. The summed E-state index contributed by atoms with van der Waals surface area (Å²) in [6, 6.07) is 15.2. The Morgan fingerprint density at radius 2 is 1.91 bits per heavy atom. The van der Waals surface area contributed by atoms with E-state index >= 15 is 0 Å². The molecule has 1 fully saturated rings. The molecule has 0 saturated carbocycles. The number of hydrogen-bond acceptors (Lipinski definition) is 8. The molecule has 1 saturated heterocycles. The molecule has 1 N–H and O–H groups in total. The number of benzene rings is 2. The second kappa shape index (κ2) is 9.40. The van der Waals surface area contributed by atoms with Gasteiger partial charge < -0.3 is 9.15 Å². The number of nitrogens with one attached hydrogen (secondary N) is 1. The molecule has 1 aliphatic rings. The highest BCUT2D eigenvalue weighted by atomic mass is 32.2. The summed E-state index contributed by atoms with van der Waals surface area (Å²) < 4.78 is 13.1. The summed E-state index contributed by atoms with van der Waals surface area (Å²) in [7, 11) is 0. The van der Waals surface area contributed by atoms with E-state index in [4.69, 9.17) is 9.15 Å². The Morgan fingerprint density at radius 3 is 2.69 bits per heavy atom. The van der Waals surface area contributed by atoms with Crippen LogP contribution in [0.1, 0.15) is 18.2 Å². The zero-order chi connectivity index (χ0) is 24.5. The summed E-state index contributed by atoms with van der Waals surface area (Å²) in [6.45, 7) is 4.42. The highest BCUT2D eigenvalue weighted by molar-refractivity contribution is 8.01. The monoisotopic (exact) mass is 505 g/mol. The molecule has 0 atom stereocenters. The van der Waals surface area contributed by atoms with Gasteiger partial charge in [0.15, 0.2) is 9.43 Å². The van der Waals surface area contributed by atoms with E-state index in [9.17, 15) is 14.4 Å². The molecule has 2 aromatic heterocycles. The van der Waals surface area contributed by atoms with Crippen molar-refractivity contribution >= 4 is 62.9 Å². The van der Waals surface area contributed by atoms with Crippen LogP contribution in [-0.2, 0) is 9.59 Å². The minimum Gasteiger partial charge on any atom is -0.494 e. The molecule has 0 radical (unpaired) electrons. The van der Waals surface area contributed by atoms with E-state index in [1.165, 1.54) is 29.2 Å². The first kappa shape index (κ1) is 22.9. The van der Waals surface area contributed by atoms with Crippen molar-refractivity contribution in [1.82, 2.24) is 10.3 Å². The quantitative estimate of drug-likeness (QED) is 0.276. The van der Waals surface area contributed by atoms with Gasteiger partial charge in [0.05, 0.1) is 22.5 Å². The first-order chi connectivity index (χ1) is 16.9. The smallest absolute Gasteiger partial charge is 0.335 e. The molecule has 35 heavy (non-hydrogen) atoms. The van der Waals surface area contributed by atoms with E-state index in [1.54, 1.807) is 36.4 Å². The molecule has 2 aromatic carbocycles. The van der Waals surface area contributed by atoms with E-state index in [1.807, 2.05) is 32.0 Å². The molecule has 10 heteroatoms. The molecule has 4 amide bonds. The fourth-order valence-electron chi connectivity index (χ4n) is 3.46. The minimum absolute atomic E-state index is 0.195. The van der Waals surface area contributed by atoms with Gasteiger partial charge in [0.1, 0.15) is 17.1 Å². The van der Waals surface area contributed by atoms with Crippen LogP contribution in [0.4, 0.5) is 10.5 Å². The largest absolute Gasteiger partial charge is 0.494 e. The van der Waals surface area contributed by atoms with Crippen molar-refractivity contribution in [2.75, 3.05) is 11.5 Å². The molecule has 4 aromatic rings. The van der Waals surface area contributed by atoms with Crippen molar-refractivity contribution in [3.63, 3.8) is 0 Å². The first-order valence-electron chi connectivity index (χ1n) is 10.7. The molecule has 0 aliphatic carbocycles. The number of amides is 4. The fraction of sp³-hybridized carbons (Fsp3) is 0.120. The van der Waals surface area contributed by atoms with Crippen molar-refractivity contribution in [1.29, 1.82) is 0 Å². The van der Waals surface area contributed by atoms with Gasteiger partial charge in [-0.25, -0.2) is 14.7 Å². The van der Waals surface area contributed by atoms with Gasteiger partial charge in [-0.15, -0.1) is 11.3 Å². The number of furan rings is 1. The lowest BCUT2D eigenvalue weighted by molar-refractivity contribution is -0.122. The standard InChI is InChI=1S/C25H19N3O5S2/c1-3-32-16-8-10-19-20(13-16)34-25(26-19)35-21-11-9-17(33-21)12-18-22(29)27-24(31)28(23(18)30)15-6-4-14(2)5-7-15/h4-13H,3H2,1-2H3,(H,27,29,31)/b18-12+. The van der Waals surface area contributed by atoms with Gasteiger partial charge in [-0.05, 0) is 74.1 Å². The predicted molar refractivity (Wildman–Crippen MR) is 134 cm³/mol. The Hall–Kier alpha value is -3.89. The van der Waals surface area contributed by atoms with E-state index in [-0.39, 0.29) is 5.57 Å². The summed E-state index contributed by atoms with van der Waals surface area (Å²) in [6.07, 6.45) is 1.34. The number of aryl methyl sites for hydroxylation is 1. The van der Waals surface area contributed by atoms with Gasteiger partial charge in [0.2, 0.25) is 0 Å². The predicted octanol–water partition coefficient (Wildman–Crippen LogP) is 5.41. The number of urea groups is 1. The lowest BCUT2D eigenvalue weighted by Crippen LogP contribution is -2.54. The number of nitrogens with zero attached hydrogens (tertiary/aromatic N) is 2.